The zero-order valence-electron chi connectivity index (χ0n) is 10.7. The SMILES string of the molecule is CN(C(=O)c1cc(Cl)cc(Cl)c1)[C@@H]1CCCNC1.Cl. The van der Waals surface area contributed by atoms with Crippen LogP contribution in [0.25, 0.3) is 0 Å². The molecule has 2 rings (SSSR count). The standard InChI is InChI=1S/C13H16Cl2N2O.ClH/c1-17(12-3-2-4-16-8-12)13(18)9-5-10(14)7-11(15)6-9;/h5-7,12,16H,2-4,8H2,1H3;1H/t12-;/m1./s1. The third-order valence-electron chi connectivity index (χ3n) is 3.25. The summed E-state index contributed by atoms with van der Waals surface area (Å²) < 4.78 is 0. The van der Waals surface area contributed by atoms with Gasteiger partial charge in [-0.05, 0) is 37.6 Å². The largest absolute Gasteiger partial charge is 0.337 e. The molecule has 3 nitrogen and oxygen atoms in total. The zero-order valence-corrected chi connectivity index (χ0v) is 13.0. The summed E-state index contributed by atoms with van der Waals surface area (Å²) in [6, 6.07) is 5.18. The molecular formula is C13H17Cl3N2O. The summed E-state index contributed by atoms with van der Waals surface area (Å²) in [5, 5.41) is 4.27. The monoisotopic (exact) mass is 322 g/mol. The van der Waals surface area contributed by atoms with Gasteiger partial charge in [-0.2, -0.15) is 0 Å². The summed E-state index contributed by atoms with van der Waals surface area (Å²) in [6.45, 7) is 1.87. The second-order valence-corrected chi connectivity index (χ2v) is 5.45. The van der Waals surface area contributed by atoms with E-state index in [0.717, 1.165) is 25.9 Å². The first-order chi connectivity index (χ1) is 8.58. The Kier molecular flexibility index (Phi) is 6.40. The van der Waals surface area contributed by atoms with E-state index in [4.69, 9.17) is 23.2 Å². The number of hydrogen-bond acceptors (Lipinski definition) is 2. The summed E-state index contributed by atoms with van der Waals surface area (Å²) in [5.41, 5.74) is 0.542. The fourth-order valence-electron chi connectivity index (χ4n) is 2.21. The van der Waals surface area contributed by atoms with Gasteiger partial charge in [0.05, 0.1) is 0 Å². The predicted octanol–water partition coefficient (Wildman–Crippen LogP) is 3.24. The third kappa shape index (κ3) is 4.25. The molecule has 1 aromatic carbocycles. The molecule has 1 saturated heterocycles. The number of halogens is 3. The first kappa shape index (κ1) is 16.6. The Labute approximate surface area is 129 Å². The van der Waals surface area contributed by atoms with Crippen LogP contribution in [-0.4, -0.2) is 37.0 Å². The normalized spacial score (nSPS) is 18.6. The highest BCUT2D eigenvalue weighted by Crippen LogP contribution is 2.21. The lowest BCUT2D eigenvalue weighted by molar-refractivity contribution is 0.0708. The number of hydrogen-bond donors (Lipinski definition) is 1. The molecule has 1 aliphatic rings. The van der Waals surface area contributed by atoms with Crippen molar-refractivity contribution >= 4 is 41.5 Å². The van der Waals surface area contributed by atoms with Gasteiger partial charge in [-0.1, -0.05) is 23.2 Å². The minimum Gasteiger partial charge on any atom is -0.337 e. The molecule has 1 amide bonds. The van der Waals surface area contributed by atoms with Crippen molar-refractivity contribution < 1.29 is 4.79 Å². The first-order valence-corrected chi connectivity index (χ1v) is 6.77. The first-order valence-electron chi connectivity index (χ1n) is 6.02. The van der Waals surface area contributed by atoms with Crippen molar-refractivity contribution in [2.75, 3.05) is 20.1 Å². The smallest absolute Gasteiger partial charge is 0.253 e. The van der Waals surface area contributed by atoms with Crippen molar-refractivity contribution in [3.05, 3.63) is 33.8 Å². The van der Waals surface area contributed by atoms with E-state index >= 15 is 0 Å². The van der Waals surface area contributed by atoms with Gasteiger partial charge < -0.3 is 10.2 Å². The molecule has 1 atom stereocenters. The maximum Gasteiger partial charge on any atom is 0.253 e. The molecule has 106 valence electrons. The van der Waals surface area contributed by atoms with Gasteiger partial charge >= 0.3 is 0 Å². The van der Waals surface area contributed by atoms with Gasteiger partial charge in [0.15, 0.2) is 0 Å². The van der Waals surface area contributed by atoms with Crippen LogP contribution >= 0.6 is 35.6 Å². The number of carbonyl (C=O) groups is 1. The summed E-state index contributed by atoms with van der Waals surface area (Å²) >= 11 is 11.8. The molecule has 19 heavy (non-hydrogen) atoms. The number of nitrogens with zero attached hydrogens (tertiary/aromatic N) is 1. The lowest BCUT2D eigenvalue weighted by atomic mass is 10.1. The maximum atomic E-state index is 12.3. The van der Waals surface area contributed by atoms with Crippen molar-refractivity contribution in [3.8, 4) is 0 Å². The average molecular weight is 324 g/mol. The van der Waals surface area contributed by atoms with Gasteiger partial charge in [0.2, 0.25) is 0 Å². The van der Waals surface area contributed by atoms with Gasteiger partial charge in [-0.25, -0.2) is 0 Å². The van der Waals surface area contributed by atoms with Crippen molar-refractivity contribution in [2.24, 2.45) is 0 Å². The molecule has 0 unspecified atom stereocenters. The van der Waals surface area contributed by atoms with Gasteiger partial charge in [0.1, 0.15) is 0 Å². The highest BCUT2D eigenvalue weighted by molar-refractivity contribution is 6.35. The lowest BCUT2D eigenvalue weighted by Gasteiger charge is -2.31. The minimum atomic E-state index is -0.0342. The van der Waals surface area contributed by atoms with Crippen LogP contribution in [0.1, 0.15) is 23.2 Å². The van der Waals surface area contributed by atoms with E-state index in [-0.39, 0.29) is 24.4 Å². The van der Waals surface area contributed by atoms with Gasteiger partial charge in [-0.15, -0.1) is 12.4 Å². The van der Waals surface area contributed by atoms with Gasteiger partial charge in [0.25, 0.3) is 5.91 Å². The number of benzene rings is 1. The molecular weight excluding hydrogens is 307 g/mol. The number of amides is 1. The minimum absolute atomic E-state index is 0. The Morgan fingerprint density at radius 2 is 1.95 bits per heavy atom. The second kappa shape index (κ2) is 7.34. The van der Waals surface area contributed by atoms with Gasteiger partial charge in [-0.3, -0.25) is 4.79 Å². The number of piperidine rings is 1. The highest BCUT2D eigenvalue weighted by Gasteiger charge is 2.23. The lowest BCUT2D eigenvalue weighted by Crippen LogP contribution is -2.46. The molecule has 1 aromatic rings. The number of rotatable bonds is 2. The van der Waals surface area contributed by atoms with Crippen LogP contribution in [-0.2, 0) is 0 Å². The van der Waals surface area contributed by atoms with E-state index < -0.39 is 0 Å². The summed E-state index contributed by atoms with van der Waals surface area (Å²) in [6.07, 6.45) is 2.13. The Morgan fingerprint density at radius 1 is 1.32 bits per heavy atom. The van der Waals surface area contributed by atoms with E-state index in [1.54, 1.807) is 23.1 Å². The molecule has 6 heteroatoms. The van der Waals surface area contributed by atoms with Crippen molar-refractivity contribution in [3.63, 3.8) is 0 Å². The topological polar surface area (TPSA) is 32.3 Å². The van der Waals surface area contributed by atoms with Crippen LogP contribution in [0.5, 0.6) is 0 Å². The molecule has 0 aliphatic carbocycles. The molecule has 1 N–H and O–H groups in total. The molecule has 0 radical (unpaired) electrons. The van der Waals surface area contributed by atoms with Crippen molar-refractivity contribution in [1.82, 2.24) is 10.2 Å². The predicted molar refractivity (Wildman–Crippen MR) is 81.7 cm³/mol. The van der Waals surface area contributed by atoms with E-state index in [1.165, 1.54) is 0 Å². The molecule has 1 heterocycles. The Balaban J connectivity index is 0.00000180. The summed E-state index contributed by atoms with van der Waals surface area (Å²) in [5.74, 6) is -0.0342. The van der Waals surface area contributed by atoms with Crippen LogP contribution < -0.4 is 5.32 Å². The fourth-order valence-corrected chi connectivity index (χ4v) is 2.74. The number of likely N-dealkylation sites (N-methyl/N-ethyl adjacent to an activating group) is 1. The molecule has 0 spiro atoms. The van der Waals surface area contributed by atoms with Crippen molar-refractivity contribution in [1.29, 1.82) is 0 Å². The van der Waals surface area contributed by atoms with Crippen molar-refractivity contribution in [2.45, 2.75) is 18.9 Å². The zero-order chi connectivity index (χ0) is 13.1. The van der Waals surface area contributed by atoms with E-state index in [1.807, 2.05) is 7.05 Å². The molecule has 1 fully saturated rings. The molecule has 0 saturated carbocycles. The van der Waals surface area contributed by atoms with E-state index in [2.05, 4.69) is 5.32 Å². The highest BCUT2D eigenvalue weighted by atomic mass is 35.5. The average Bonchev–Trinajstić information content (AvgIpc) is 2.37. The molecule has 1 aliphatic heterocycles. The van der Waals surface area contributed by atoms with Crippen LogP contribution in [0.3, 0.4) is 0 Å². The third-order valence-corrected chi connectivity index (χ3v) is 3.68. The fraction of sp³-hybridized carbons (Fsp3) is 0.462. The summed E-state index contributed by atoms with van der Waals surface area (Å²) in [7, 11) is 1.83. The Hall–Kier alpha value is -0.480. The number of carbonyl (C=O) groups excluding carboxylic acids is 1. The van der Waals surface area contributed by atoms with Gasteiger partial charge in [0, 0.05) is 35.2 Å². The van der Waals surface area contributed by atoms with Crippen LogP contribution in [0.2, 0.25) is 10.0 Å². The Morgan fingerprint density at radius 3 is 2.47 bits per heavy atom. The van der Waals surface area contributed by atoms with Crippen LogP contribution in [0, 0.1) is 0 Å². The second-order valence-electron chi connectivity index (χ2n) is 4.57. The summed E-state index contributed by atoms with van der Waals surface area (Å²) in [4.78, 5) is 14.1. The maximum absolute atomic E-state index is 12.3. The van der Waals surface area contributed by atoms with E-state index in [9.17, 15) is 4.79 Å². The molecule has 0 bridgehead atoms. The van der Waals surface area contributed by atoms with Crippen LogP contribution in [0.15, 0.2) is 18.2 Å². The molecule has 0 aromatic heterocycles. The Bertz CT molecular complexity index is 427. The van der Waals surface area contributed by atoms with E-state index in [0.29, 0.717) is 15.6 Å². The number of nitrogens with one attached hydrogen (secondary N) is 1. The quantitative estimate of drug-likeness (QED) is 0.906. The van der Waals surface area contributed by atoms with Crippen LogP contribution in [0.4, 0.5) is 0 Å².